The molecule has 0 aliphatic carbocycles. The molecule has 24 heavy (non-hydrogen) atoms. The van der Waals surface area contributed by atoms with E-state index in [4.69, 9.17) is 24.4 Å². The van der Waals surface area contributed by atoms with Crippen molar-refractivity contribution in [3.05, 3.63) is 0 Å². The van der Waals surface area contributed by atoms with Crippen molar-refractivity contribution in [2.24, 2.45) is 0 Å². The monoisotopic (exact) mass is 356 g/mol. The Labute approximate surface area is 135 Å². The number of aliphatic hydroxyl groups excluding tert-OH is 7. The Morgan fingerprint density at radius 2 is 1.62 bits per heavy atom. The number of aliphatic hydroxyl groups is 7. The number of aliphatic carboxylic acids is 1. The second-order valence-electron chi connectivity index (χ2n) is 5.60. The SMILES string of the molecule is O=C(O)[C@H]1O[C@@](CO)(O[C@H]2OC(CO)[C@@H](O)[C@H](O)C2O)C(O)[C@H]1O. The van der Waals surface area contributed by atoms with Gasteiger partial charge in [-0.25, -0.2) is 4.79 Å². The highest BCUT2D eigenvalue weighted by molar-refractivity contribution is 5.73. The minimum atomic E-state index is -2.46. The Bertz CT molecular complexity index is 457. The van der Waals surface area contributed by atoms with Crippen LogP contribution in [0.15, 0.2) is 0 Å². The van der Waals surface area contributed by atoms with Gasteiger partial charge in [0.15, 0.2) is 12.4 Å². The summed E-state index contributed by atoms with van der Waals surface area (Å²) >= 11 is 0. The molecule has 2 rings (SSSR count). The molecule has 0 aromatic carbocycles. The lowest BCUT2D eigenvalue weighted by Gasteiger charge is -2.43. The molecular weight excluding hydrogens is 336 g/mol. The lowest BCUT2D eigenvalue weighted by molar-refractivity contribution is -0.382. The highest BCUT2D eigenvalue weighted by Gasteiger charge is 2.60. The first-order chi connectivity index (χ1) is 11.2. The maximum atomic E-state index is 11.0. The minimum absolute atomic E-state index is 0.749. The quantitative estimate of drug-likeness (QED) is 0.232. The highest BCUT2D eigenvalue weighted by Crippen LogP contribution is 2.36. The van der Waals surface area contributed by atoms with Crippen LogP contribution in [0.2, 0.25) is 0 Å². The molecule has 0 amide bonds. The van der Waals surface area contributed by atoms with E-state index in [0.29, 0.717) is 0 Å². The number of carboxylic acids is 1. The van der Waals surface area contributed by atoms with Gasteiger partial charge in [-0.2, -0.15) is 0 Å². The smallest absolute Gasteiger partial charge is 0.335 e. The summed E-state index contributed by atoms with van der Waals surface area (Å²) in [6, 6.07) is 0. The van der Waals surface area contributed by atoms with Gasteiger partial charge in [0, 0.05) is 0 Å². The van der Waals surface area contributed by atoms with Gasteiger partial charge in [0.05, 0.1) is 6.61 Å². The molecule has 2 aliphatic heterocycles. The number of rotatable bonds is 5. The van der Waals surface area contributed by atoms with Gasteiger partial charge in [0.25, 0.3) is 0 Å². The van der Waals surface area contributed by atoms with Gasteiger partial charge in [-0.05, 0) is 0 Å². The van der Waals surface area contributed by atoms with Crippen LogP contribution >= 0.6 is 0 Å². The zero-order valence-corrected chi connectivity index (χ0v) is 12.2. The summed E-state index contributed by atoms with van der Waals surface area (Å²) < 4.78 is 15.0. The molecule has 3 unspecified atom stereocenters. The molecule has 0 saturated carbocycles. The van der Waals surface area contributed by atoms with E-state index in [1.165, 1.54) is 0 Å². The third-order valence-electron chi connectivity index (χ3n) is 4.04. The van der Waals surface area contributed by atoms with Gasteiger partial charge in [0.2, 0.25) is 5.79 Å². The summed E-state index contributed by atoms with van der Waals surface area (Å²) in [5, 5.41) is 76.4. The van der Waals surface area contributed by atoms with Crippen LogP contribution in [0.25, 0.3) is 0 Å². The van der Waals surface area contributed by atoms with Crippen molar-refractivity contribution in [2.45, 2.75) is 54.8 Å². The van der Waals surface area contributed by atoms with Crippen LogP contribution in [0.4, 0.5) is 0 Å². The predicted octanol–water partition coefficient (Wildman–Crippen LogP) is -5.30. The third-order valence-corrected chi connectivity index (χ3v) is 4.04. The van der Waals surface area contributed by atoms with Crippen molar-refractivity contribution in [3.63, 3.8) is 0 Å². The molecule has 2 fully saturated rings. The largest absolute Gasteiger partial charge is 0.479 e. The molecule has 0 radical (unpaired) electrons. The molecule has 12 heteroatoms. The van der Waals surface area contributed by atoms with E-state index in [2.05, 4.69) is 0 Å². The first kappa shape index (κ1) is 19.4. The van der Waals surface area contributed by atoms with E-state index in [9.17, 15) is 35.4 Å². The van der Waals surface area contributed by atoms with Gasteiger partial charge < -0.3 is 55.1 Å². The topological polar surface area (TPSA) is 207 Å². The summed E-state index contributed by atoms with van der Waals surface area (Å²) in [6.07, 6.45) is -14.3. The minimum Gasteiger partial charge on any atom is -0.479 e. The normalized spacial score (nSPS) is 49.3. The van der Waals surface area contributed by atoms with Crippen LogP contribution < -0.4 is 0 Å². The van der Waals surface area contributed by atoms with E-state index >= 15 is 0 Å². The van der Waals surface area contributed by atoms with E-state index < -0.39 is 74.0 Å². The Morgan fingerprint density at radius 1 is 1.00 bits per heavy atom. The van der Waals surface area contributed by atoms with Crippen LogP contribution in [-0.2, 0) is 19.0 Å². The van der Waals surface area contributed by atoms with Crippen molar-refractivity contribution < 1.29 is 59.9 Å². The second kappa shape index (κ2) is 7.13. The van der Waals surface area contributed by atoms with Crippen molar-refractivity contribution in [1.29, 1.82) is 0 Å². The Hall–Kier alpha value is -0.930. The number of hydrogen-bond donors (Lipinski definition) is 8. The van der Waals surface area contributed by atoms with Gasteiger partial charge in [-0.1, -0.05) is 0 Å². The maximum Gasteiger partial charge on any atom is 0.335 e. The zero-order chi connectivity index (χ0) is 18.2. The van der Waals surface area contributed by atoms with Crippen molar-refractivity contribution in [1.82, 2.24) is 0 Å². The molecule has 2 heterocycles. The molecule has 0 aromatic rings. The third kappa shape index (κ3) is 3.13. The number of carboxylic acid groups (broad SMARTS) is 1. The molecule has 12 nitrogen and oxygen atoms in total. The highest BCUT2D eigenvalue weighted by atomic mass is 16.8. The predicted molar refractivity (Wildman–Crippen MR) is 69.2 cm³/mol. The fraction of sp³-hybridized carbons (Fsp3) is 0.917. The van der Waals surface area contributed by atoms with Crippen LogP contribution in [0.1, 0.15) is 0 Å². The molecular formula is C12H20O12. The first-order valence-corrected chi connectivity index (χ1v) is 7.04. The molecule has 2 aliphatic rings. The number of ether oxygens (including phenoxy) is 3. The molecule has 140 valence electrons. The standard InChI is InChI=1S/C12H20O12/c13-1-3-4(15)5(16)6(17)11(22-3)24-12(2-14)9(19)7(18)8(23-12)10(20)21/h3-9,11,13-19H,1-2H2,(H,20,21)/t3?,4-,5+,6?,7+,8+,9?,11-,12+/m1/s1. The van der Waals surface area contributed by atoms with Crippen molar-refractivity contribution in [3.8, 4) is 0 Å². The molecule has 9 atom stereocenters. The van der Waals surface area contributed by atoms with Gasteiger partial charge >= 0.3 is 5.97 Å². The summed E-state index contributed by atoms with van der Waals surface area (Å²) in [5.74, 6) is -4.09. The van der Waals surface area contributed by atoms with E-state index in [1.807, 2.05) is 0 Å². The Balaban J connectivity index is 2.21. The number of carbonyl (C=O) groups is 1. The zero-order valence-electron chi connectivity index (χ0n) is 12.2. The van der Waals surface area contributed by atoms with E-state index in [1.54, 1.807) is 0 Å². The summed E-state index contributed by atoms with van der Waals surface area (Å²) in [5.41, 5.74) is 0. The fourth-order valence-corrected chi connectivity index (χ4v) is 2.60. The van der Waals surface area contributed by atoms with Crippen LogP contribution in [-0.4, -0.2) is 115 Å². The van der Waals surface area contributed by atoms with E-state index in [-0.39, 0.29) is 0 Å². The maximum absolute atomic E-state index is 11.0. The second-order valence-corrected chi connectivity index (χ2v) is 5.60. The lowest BCUT2D eigenvalue weighted by atomic mass is 9.99. The van der Waals surface area contributed by atoms with Crippen molar-refractivity contribution >= 4 is 5.97 Å². The average Bonchev–Trinajstić information content (AvgIpc) is 2.81. The van der Waals surface area contributed by atoms with Crippen molar-refractivity contribution in [2.75, 3.05) is 13.2 Å². The molecule has 0 spiro atoms. The van der Waals surface area contributed by atoms with Gasteiger partial charge in [-0.3, -0.25) is 0 Å². The van der Waals surface area contributed by atoms with Crippen LogP contribution in [0.3, 0.4) is 0 Å². The van der Waals surface area contributed by atoms with Gasteiger partial charge in [-0.15, -0.1) is 0 Å². The number of hydrogen-bond acceptors (Lipinski definition) is 11. The molecule has 0 bridgehead atoms. The van der Waals surface area contributed by atoms with Gasteiger partial charge in [0.1, 0.15) is 43.2 Å². The molecule has 2 saturated heterocycles. The van der Waals surface area contributed by atoms with Crippen LogP contribution in [0, 0.1) is 0 Å². The van der Waals surface area contributed by atoms with E-state index in [0.717, 1.165) is 0 Å². The summed E-state index contributed by atoms with van der Waals surface area (Å²) in [4.78, 5) is 11.0. The molecule has 8 N–H and O–H groups in total. The summed E-state index contributed by atoms with van der Waals surface area (Å²) in [6.45, 7) is -1.87. The average molecular weight is 356 g/mol. The lowest BCUT2D eigenvalue weighted by Crippen LogP contribution is -2.62. The Morgan fingerprint density at radius 3 is 2.08 bits per heavy atom. The van der Waals surface area contributed by atoms with Crippen LogP contribution in [0.5, 0.6) is 0 Å². The first-order valence-electron chi connectivity index (χ1n) is 7.04. The Kier molecular flexibility index (Phi) is 5.76. The fourth-order valence-electron chi connectivity index (χ4n) is 2.60. The molecule has 0 aromatic heterocycles. The summed E-state index contributed by atoms with van der Waals surface area (Å²) in [7, 11) is 0.